The maximum atomic E-state index is 5.77. The van der Waals surface area contributed by atoms with Gasteiger partial charge in [-0.25, -0.2) is 0 Å². The zero-order valence-electron chi connectivity index (χ0n) is 11.3. The van der Waals surface area contributed by atoms with Crippen LogP contribution in [0.15, 0.2) is 24.3 Å². The van der Waals surface area contributed by atoms with Gasteiger partial charge in [0, 0.05) is 25.4 Å². The molecule has 0 bridgehead atoms. The molecule has 0 radical (unpaired) electrons. The van der Waals surface area contributed by atoms with Gasteiger partial charge in [0.1, 0.15) is 0 Å². The molecular weight excluding hydrogens is 224 g/mol. The van der Waals surface area contributed by atoms with Crippen molar-refractivity contribution >= 4 is 5.69 Å². The molecule has 1 saturated heterocycles. The fourth-order valence-corrected chi connectivity index (χ4v) is 2.71. The minimum absolute atomic E-state index is 0.384. The minimum atomic E-state index is 0.384. The Balaban J connectivity index is 2.10. The standard InChI is InChI=1S/C15H24N2O/c1-2-18-14-7-5-11-17(12-14)15-8-4-3-6-13(15)9-10-16/h3-4,6,8,14H,2,5,7,9-12,16H2,1H3. The van der Waals surface area contributed by atoms with E-state index in [1.807, 2.05) is 0 Å². The van der Waals surface area contributed by atoms with Gasteiger partial charge in [-0.2, -0.15) is 0 Å². The largest absolute Gasteiger partial charge is 0.377 e. The van der Waals surface area contributed by atoms with Gasteiger partial charge in [0.15, 0.2) is 0 Å². The number of nitrogens with two attached hydrogens (primary N) is 1. The van der Waals surface area contributed by atoms with Crippen LogP contribution in [-0.2, 0) is 11.2 Å². The predicted molar refractivity (Wildman–Crippen MR) is 76.1 cm³/mol. The topological polar surface area (TPSA) is 38.5 Å². The summed E-state index contributed by atoms with van der Waals surface area (Å²) < 4.78 is 5.77. The third-order valence-corrected chi connectivity index (χ3v) is 3.53. The SMILES string of the molecule is CCOC1CCCN(c2ccccc2CCN)C1. The Morgan fingerprint density at radius 3 is 3.00 bits per heavy atom. The first-order valence-corrected chi connectivity index (χ1v) is 6.99. The van der Waals surface area contributed by atoms with Gasteiger partial charge in [-0.05, 0) is 44.4 Å². The molecule has 0 saturated carbocycles. The molecule has 2 N–H and O–H groups in total. The third kappa shape index (κ3) is 3.24. The molecule has 3 heteroatoms. The van der Waals surface area contributed by atoms with Crippen molar-refractivity contribution in [2.45, 2.75) is 32.3 Å². The molecule has 0 amide bonds. The molecule has 1 heterocycles. The summed E-state index contributed by atoms with van der Waals surface area (Å²) >= 11 is 0. The maximum Gasteiger partial charge on any atom is 0.0750 e. The molecule has 1 aromatic rings. The van der Waals surface area contributed by atoms with Gasteiger partial charge < -0.3 is 15.4 Å². The summed E-state index contributed by atoms with van der Waals surface area (Å²) in [5.74, 6) is 0. The molecule has 1 aliphatic heterocycles. The first-order chi connectivity index (χ1) is 8.85. The number of anilines is 1. The predicted octanol–water partition coefficient (Wildman–Crippen LogP) is 2.19. The van der Waals surface area contributed by atoms with Crippen molar-refractivity contribution in [2.75, 3.05) is 31.1 Å². The van der Waals surface area contributed by atoms with Crippen LogP contribution in [0.1, 0.15) is 25.3 Å². The van der Waals surface area contributed by atoms with E-state index in [1.165, 1.54) is 24.1 Å². The average Bonchev–Trinajstić information content (AvgIpc) is 2.40. The van der Waals surface area contributed by atoms with Crippen molar-refractivity contribution in [1.82, 2.24) is 0 Å². The lowest BCUT2D eigenvalue weighted by atomic mass is 10.0. The smallest absolute Gasteiger partial charge is 0.0750 e. The average molecular weight is 248 g/mol. The van der Waals surface area contributed by atoms with Crippen LogP contribution in [0.2, 0.25) is 0 Å². The van der Waals surface area contributed by atoms with Gasteiger partial charge in [-0.15, -0.1) is 0 Å². The van der Waals surface area contributed by atoms with Crippen LogP contribution < -0.4 is 10.6 Å². The van der Waals surface area contributed by atoms with E-state index in [0.717, 1.165) is 26.1 Å². The normalized spacial score (nSPS) is 20.1. The summed E-state index contributed by atoms with van der Waals surface area (Å²) in [6.07, 6.45) is 3.73. The molecule has 3 nitrogen and oxygen atoms in total. The summed E-state index contributed by atoms with van der Waals surface area (Å²) in [5.41, 5.74) is 8.39. The summed E-state index contributed by atoms with van der Waals surface area (Å²) in [7, 11) is 0. The van der Waals surface area contributed by atoms with Gasteiger partial charge in [-0.1, -0.05) is 18.2 Å². The van der Waals surface area contributed by atoms with Crippen molar-refractivity contribution in [1.29, 1.82) is 0 Å². The van der Waals surface area contributed by atoms with Crippen LogP contribution in [0.25, 0.3) is 0 Å². The van der Waals surface area contributed by atoms with Crippen LogP contribution in [0.3, 0.4) is 0 Å². The number of ether oxygens (including phenoxy) is 1. The number of benzene rings is 1. The van der Waals surface area contributed by atoms with E-state index < -0.39 is 0 Å². The van der Waals surface area contributed by atoms with Crippen molar-refractivity contribution in [3.05, 3.63) is 29.8 Å². The second-order valence-electron chi connectivity index (χ2n) is 4.83. The van der Waals surface area contributed by atoms with E-state index >= 15 is 0 Å². The highest BCUT2D eigenvalue weighted by atomic mass is 16.5. The van der Waals surface area contributed by atoms with Crippen molar-refractivity contribution in [2.24, 2.45) is 5.73 Å². The molecule has 18 heavy (non-hydrogen) atoms. The van der Waals surface area contributed by atoms with E-state index in [-0.39, 0.29) is 0 Å². The Morgan fingerprint density at radius 1 is 1.39 bits per heavy atom. The monoisotopic (exact) mass is 248 g/mol. The Kier molecular flexibility index (Phi) is 5.02. The molecule has 1 unspecified atom stereocenters. The van der Waals surface area contributed by atoms with Crippen molar-refractivity contribution in [3.63, 3.8) is 0 Å². The zero-order chi connectivity index (χ0) is 12.8. The lowest BCUT2D eigenvalue weighted by molar-refractivity contribution is 0.0526. The fraction of sp³-hybridized carbons (Fsp3) is 0.600. The number of para-hydroxylation sites is 1. The van der Waals surface area contributed by atoms with Crippen molar-refractivity contribution in [3.8, 4) is 0 Å². The van der Waals surface area contributed by atoms with Gasteiger partial charge >= 0.3 is 0 Å². The first-order valence-electron chi connectivity index (χ1n) is 6.99. The second-order valence-corrected chi connectivity index (χ2v) is 4.83. The molecule has 0 aliphatic carbocycles. The quantitative estimate of drug-likeness (QED) is 0.868. The molecule has 1 fully saturated rings. The summed E-state index contributed by atoms with van der Waals surface area (Å²) in [5, 5.41) is 0. The lowest BCUT2D eigenvalue weighted by Gasteiger charge is -2.35. The third-order valence-electron chi connectivity index (χ3n) is 3.53. The molecule has 100 valence electrons. The molecule has 0 spiro atoms. The first kappa shape index (κ1) is 13.4. The van der Waals surface area contributed by atoms with Gasteiger partial charge in [-0.3, -0.25) is 0 Å². The fourth-order valence-electron chi connectivity index (χ4n) is 2.71. The molecule has 1 aromatic carbocycles. The lowest BCUT2D eigenvalue weighted by Crippen LogP contribution is -2.40. The number of rotatable bonds is 5. The van der Waals surface area contributed by atoms with E-state index in [1.54, 1.807) is 0 Å². The van der Waals surface area contributed by atoms with Crippen LogP contribution in [-0.4, -0.2) is 32.3 Å². The van der Waals surface area contributed by atoms with Gasteiger partial charge in [0.05, 0.1) is 6.10 Å². The highest BCUT2D eigenvalue weighted by Crippen LogP contribution is 2.25. The van der Waals surface area contributed by atoms with Crippen molar-refractivity contribution < 1.29 is 4.74 Å². The van der Waals surface area contributed by atoms with E-state index in [0.29, 0.717) is 12.6 Å². The Bertz CT molecular complexity index is 365. The van der Waals surface area contributed by atoms with E-state index in [4.69, 9.17) is 10.5 Å². The van der Waals surface area contributed by atoms with E-state index in [2.05, 4.69) is 36.1 Å². The van der Waals surface area contributed by atoms with Crippen LogP contribution >= 0.6 is 0 Å². The Morgan fingerprint density at radius 2 is 2.22 bits per heavy atom. The van der Waals surface area contributed by atoms with Gasteiger partial charge in [0.2, 0.25) is 0 Å². The van der Waals surface area contributed by atoms with Crippen LogP contribution in [0.4, 0.5) is 5.69 Å². The number of hydrogen-bond acceptors (Lipinski definition) is 3. The Labute approximate surface area is 110 Å². The Hall–Kier alpha value is -1.06. The molecule has 1 atom stereocenters. The number of hydrogen-bond donors (Lipinski definition) is 1. The van der Waals surface area contributed by atoms with Gasteiger partial charge in [0.25, 0.3) is 0 Å². The maximum absolute atomic E-state index is 5.77. The highest BCUT2D eigenvalue weighted by molar-refractivity contribution is 5.54. The summed E-state index contributed by atoms with van der Waals surface area (Å²) in [4.78, 5) is 2.45. The number of piperidine rings is 1. The van der Waals surface area contributed by atoms with Crippen LogP contribution in [0, 0.1) is 0 Å². The van der Waals surface area contributed by atoms with Crippen LogP contribution in [0.5, 0.6) is 0 Å². The molecule has 1 aliphatic rings. The second kappa shape index (κ2) is 6.76. The molecular formula is C15H24N2O. The summed E-state index contributed by atoms with van der Waals surface area (Å²) in [6, 6.07) is 8.60. The molecule has 0 aromatic heterocycles. The minimum Gasteiger partial charge on any atom is -0.377 e. The number of nitrogens with zero attached hydrogens (tertiary/aromatic N) is 1. The highest BCUT2D eigenvalue weighted by Gasteiger charge is 2.21. The van der Waals surface area contributed by atoms with E-state index in [9.17, 15) is 0 Å². The molecule has 2 rings (SSSR count). The summed E-state index contributed by atoms with van der Waals surface area (Å²) in [6.45, 7) is 5.73. The zero-order valence-corrected chi connectivity index (χ0v) is 11.3.